The van der Waals surface area contributed by atoms with Gasteiger partial charge in [0.25, 0.3) is 5.91 Å². The Morgan fingerprint density at radius 3 is 1.97 bits per heavy atom. The first-order chi connectivity index (χ1) is 18.5. The molecule has 200 valence electrons. The summed E-state index contributed by atoms with van der Waals surface area (Å²) in [6.45, 7) is 7.90. The van der Waals surface area contributed by atoms with Crippen molar-refractivity contribution in [3.8, 4) is 16.9 Å². The third-order valence-electron chi connectivity index (χ3n) is 5.76. The number of carboxylic acid groups (broad SMARTS) is 1. The SMILES string of the molecule is CC(C)(C)c1ccc(C(=O)NCC(=O)O)cc1.Cc1ccc(OC(=O)c2ccc(-c3cccnc3)cc2)cc1. The molecule has 7 nitrogen and oxygen atoms in total. The maximum atomic E-state index is 12.1. The van der Waals surface area contributed by atoms with Crippen LogP contribution in [0.2, 0.25) is 0 Å². The van der Waals surface area contributed by atoms with Gasteiger partial charge in [-0.1, -0.05) is 68.8 Å². The average molecular weight is 525 g/mol. The van der Waals surface area contributed by atoms with E-state index in [1.165, 1.54) is 0 Å². The molecule has 0 saturated heterocycles. The lowest BCUT2D eigenvalue weighted by molar-refractivity contribution is -0.135. The fraction of sp³-hybridized carbons (Fsp3) is 0.188. The van der Waals surface area contributed by atoms with Gasteiger partial charge in [-0.25, -0.2) is 4.79 Å². The van der Waals surface area contributed by atoms with E-state index in [4.69, 9.17) is 9.84 Å². The van der Waals surface area contributed by atoms with E-state index in [1.807, 2.05) is 55.5 Å². The molecule has 1 heterocycles. The molecule has 0 atom stereocenters. The lowest BCUT2D eigenvalue weighted by Crippen LogP contribution is -2.29. The Bertz CT molecular complexity index is 1390. The van der Waals surface area contributed by atoms with Gasteiger partial charge in [0.1, 0.15) is 12.3 Å². The number of carbonyl (C=O) groups is 3. The number of hydrogen-bond acceptors (Lipinski definition) is 5. The highest BCUT2D eigenvalue weighted by atomic mass is 16.5. The molecule has 1 amide bonds. The molecule has 4 rings (SSSR count). The predicted molar refractivity (Wildman–Crippen MR) is 151 cm³/mol. The van der Waals surface area contributed by atoms with Gasteiger partial charge in [-0.15, -0.1) is 0 Å². The molecule has 0 unspecified atom stereocenters. The Labute approximate surface area is 228 Å². The van der Waals surface area contributed by atoms with Gasteiger partial charge < -0.3 is 15.2 Å². The molecule has 39 heavy (non-hydrogen) atoms. The number of rotatable bonds is 6. The monoisotopic (exact) mass is 524 g/mol. The van der Waals surface area contributed by atoms with Crippen LogP contribution in [-0.2, 0) is 10.2 Å². The summed E-state index contributed by atoms with van der Waals surface area (Å²) >= 11 is 0. The maximum absolute atomic E-state index is 12.1. The van der Waals surface area contributed by atoms with Crippen LogP contribution in [0.1, 0.15) is 52.6 Å². The fourth-order valence-corrected chi connectivity index (χ4v) is 3.48. The van der Waals surface area contributed by atoms with Crippen LogP contribution in [0.25, 0.3) is 11.1 Å². The van der Waals surface area contributed by atoms with Gasteiger partial charge in [0, 0.05) is 18.0 Å². The summed E-state index contributed by atoms with van der Waals surface area (Å²) in [6, 6.07) is 25.8. The second-order valence-electron chi connectivity index (χ2n) is 9.93. The quantitative estimate of drug-likeness (QED) is 0.234. The van der Waals surface area contributed by atoms with E-state index in [1.54, 1.807) is 48.8 Å². The molecule has 0 aliphatic rings. The Balaban J connectivity index is 0.000000224. The zero-order chi connectivity index (χ0) is 28.4. The van der Waals surface area contributed by atoms with Crippen LogP contribution < -0.4 is 10.1 Å². The van der Waals surface area contributed by atoms with Gasteiger partial charge in [0.2, 0.25) is 0 Å². The van der Waals surface area contributed by atoms with Crippen molar-refractivity contribution in [3.63, 3.8) is 0 Å². The van der Waals surface area contributed by atoms with E-state index < -0.39 is 5.97 Å². The molecule has 1 aromatic heterocycles. The number of aromatic nitrogens is 1. The van der Waals surface area contributed by atoms with Gasteiger partial charge in [0.05, 0.1) is 5.56 Å². The number of carbonyl (C=O) groups excluding carboxylic acids is 2. The summed E-state index contributed by atoms with van der Waals surface area (Å²) in [5.74, 6) is -1.23. The number of carboxylic acids is 1. The smallest absolute Gasteiger partial charge is 0.343 e. The topological polar surface area (TPSA) is 106 Å². The minimum absolute atomic E-state index is 0.0378. The van der Waals surface area contributed by atoms with Crippen LogP contribution in [0.3, 0.4) is 0 Å². The standard InChI is InChI=1S/C19H15NO2.C13H17NO3/c1-14-4-10-18(11-5-14)22-19(21)16-8-6-15(7-9-16)17-3-2-12-20-13-17;1-13(2,3)10-6-4-9(5-7-10)12(17)14-8-11(15)16/h2-13H,1H3;4-7H,8H2,1-3H3,(H,14,17)(H,15,16). The Hall–Kier alpha value is -4.78. The minimum atomic E-state index is -1.05. The summed E-state index contributed by atoms with van der Waals surface area (Å²) in [5.41, 5.74) is 5.32. The van der Waals surface area contributed by atoms with E-state index in [0.717, 1.165) is 22.3 Å². The largest absolute Gasteiger partial charge is 0.480 e. The third kappa shape index (κ3) is 8.93. The van der Waals surface area contributed by atoms with Crippen molar-refractivity contribution in [1.29, 1.82) is 0 Å². The van der Waals surface area contributed by atoms with Gasteiger partial charge in [0.15, 0.2) is 0 Å². The van der Waals surface area contributed by atoms with Crippen LogP contribution in [0, 0.1) is 6.92 Å². The van der Waals surface area contributed by atoms with E-state index in [9.17, 15) is 14.4 Å². The maximum Gasteiger partial charge on any atom is 0.343 e. The number of amides is 1. The number of pyridine rings is 1. The van der Waals surface area contributed by atoms with Crippen molar-refractivity contribution in [1.82, 2.24) is 10.3 Å². The molecular weight excluding hydrogens is 492 g/mol. The van der Waals surface area contributed by atoms with Crippen molar-refractivity contribution < 1.29 is 24.2 Å². The molecule has 0 fully saturated rings. The first-order valence-electron chi connectivity index (χ1n) is 12.4. The summed E-state index contributed by atoms with van der Waals surface area (Å²) in [6.07, 6.45) is 3.52. The van der Waals surface area contributed by atoms with Crippen molar-refractivity contribution in [3.05, 3.63) is 120 Å². The summed E-state index contributed by atoms with van der Waals surface area (Å²) in [4.78, 5) is 38.0. The summed E-state index contributed by atoms with van der Waals surface area (Å²) in [5, 5.41) is 10.8. The highest BCUT2D eigenvalue weighted by Crippen LogP contribution is 2.22. The van der Waals surface area contributed by atoms with Crippen LogP contribution in [0.5, 0.6) is 5.75 Å². The van der Waals surface area contributed by atoms with Crippen molar-refractivity contribution in [2.75, 3.05) is 6.54 Å². The van der Waals surface area contributed by atoms with E-state index in [-0.39, 0.29) is 23.8 Å². The van der Waals surface area contributed by atoms with Gasteiger partial charge in [-0.05, 0) is 71.5 Å². The number of aryl methyl sites for hydroxylation is 1. The first kappa shape index (κ1) is 28.8. The Morgan fingerprint density at radius 1 is 0.821 bits per heavy atom. The Kier molecular flexibility index (Phi) is 9.70. The molecule has 0 aliphatic carbocycles. The highest BCUT2D eigenvalue weighted by Gasteiger charge is 2.14. The van der Waals surface area contributed by atoms with Crippen LogP contribution in [-0.4, -0.2) is 34.5 Å². The second-order valence-corrected chi connectivity index (χ2v) is 9.93. The molecule has 0 saturated carbocycles. The van der Waals surface area contributed by atoms with Gasteiger partial charge in [-0.2, -0.15) is 0 Å². The van der Waals surface area contributed by atoms with Crippen LogP contribution in [0.4, 0.5) is 0 Å². The van der Waals surface area contributed by atoms with E-state index >= 15 is 0 Å². The van der Waals surface area contributed by atoms with Gasteiger partial charge in [-0.3, -0.25) is 14.6 Å². The summed E-state index contributed by atoms with van der Waals surface area (Å²) < 4.78 is 5.35. The first-order valence-corrected chi connectivity index (χ1v) is 12.4. The third-order valence-corrected chi connectivity index (χ3v) is 5.76. The normalized spacial score (nSPS) is 10.6. The Morgan fingerprint density at radius 2 is 1.44 bits per heavy atom. The number of ether oxygens (including phenoxy) is 1. The zero-order valence-electron chi connectivity index (χ0n) is 22.5. The van der Waals surface area contributed by atoms with Crippen LogP contribution in [0.15, 0.2) is 97.3 Å². The molecule has 0 bridgehead atoms. The molecule has 7 heteroatoms. The van der Waals surface area contributed by atoms with Crippen molar-refractivity contribution >= 4 is 17.8 Å². The lowest BCUT2D eigenvalue weighted by Gasteiger charge is -2.18. The number of esters is 1. The van der Waals surface area contributed by atoms with E-state index in [2.05, 4.69) is 31.1 Å². The molecule has 2 N–H and O–H groups in total. The number of aliphatic carboxylic acids is 1. The number of nitrogens with one attached hydrogen (secondary N) is 1. The van der Waals surface area contributed by atoms with Gasteiger partial charge >= 0.3 is 11.9 Å². The number of benzene rings is 3. The fourth-order valence-electron chi connectivity index (χ4n) is 3.48. The van der Waals surface area contributed by atoms with Crippen molar-refractivity contribution in [2.24, 2.45) is 0 Å². The van der Waals surface area contributed by atoms with E-state index in [0.29, 0.717) is 16.9 Å². The minimum Gasteiger partial charge on any atom is -0.480 e. The molecular formula is C32H32N2O5. The molecule has 4 aromatic rings. The zero-order valence-corrected chi connectivity index (χ0v) is 22.5. The molecule has 3 aromatic carbocycles. The van der Waals surface area contributed by atoms with Crippen LogP contribution >= 0.6 is 0 Å². The lowest BCUT2D eigenvalue weighted by atomic mass is 9.87. The predicted octanol–water partition coefficient (Wildman–Crippen LogP) is 6.07. The number of hydrogen-bond donors (Lipinski definition) is 2. The summed E-state index contributed by atoms with van der Waals surface area (Å²) in [7, 11) is 0. The number of nitrogens with zero attached hydrogens (tertiary/aromatic N) is 1. The molecule has 0 spiro atoms. The highest BCUT2D eigenvalue weighted by molar-refractivity contribution is 5.95. The average Bonchev–Trinajstić information content (AvgIpc) is 2.93. The molecule has 0 aliphatic heterocycles. The molecule has 0 radical (unpaired) electrons. The second kappa shape index (κ2) is 13.1. The van der Waals surface area contributed by atoms with Crippen molar-refractivity contribution in [2.45, 2.75) is 33.1 Å².